The number of hydrogen-bond acceptors (Lipinski definition) is 2. The van der Waals surface area contributed by atoms with Gasteiger partial charge in [-0.05, 0) is 60.4 Å². The molecule has 0 aliphatic rings. The van der Waals surface area contributed by atoms with Gasteiger partial charge < -0.3 is 5.32 Å². The monoisotopic (exact) mass is 413 g/mol. The Morgan fingerprint density at radius 2 is 1.95 bits per heavy atom. The Balaban J connectivity index is 2.56. The molecule has 0 amide bonds. The van der Waals surface area contributed by atoms with Crippen molar-refractivity contribution in [1.82, 2.24) is 15.1 Å². The zero-order valence-electron chi connectivity index (χ0n) is 12.8. The van der Waals surface area contributed by atoms with E-state index in [1.165, 1.54) is 11.1 Å². The normalized spacial score (nSPS) is 12.9. The molecule has 5 heteroatoms. The molecule has 0 saturated carbocycles. The third-order valence-corrected chi connectivity index (χ3v) is 4.72. The number of halogens is 2. The Morgan fingerprint density at radius 3 is 2.52 bits per heavy atom. The fourth-order valence-electron chi connectivity index (χ4n) is 2.46. The molecule has 0 spiro atoms. The summed E-state index contributed by atoms with van der Waals surface area (Å²) in [5, 5.41) is 8.08. The maximum absolute atomic E-state index is 4.51. The van der Waals surface area contributed by atoms with Gasteiger partial charge in [0.1, 0.15) is 0 Å². The van der Waals surface area contributed by atoms with E-state index in [1.807, 2.05) is 6.20 Å². The zero-order valence-corrected chi connectivity index (χ0v) is 16.0. The number of rotatable bonds is 5. The largest absolute Gasteiger partial charge is 0.305 e. The molecule has 1 unspecified atom stereocenters. The van der Waals surface area contributed by atoms with E-state index in [0.717, 1.165) is 21.2 Å². The highest BCUT2D eigenvalue weighted by Gasteiger charge is 2.24. The van der Waals surface area contributed by atoms with Crippen molar-refractivity contribution in [3.63, 3.8) is 0 Å². The summed E-state index contributed by atoms with van der Waals surface area (Å²) in [6, 6.07) is 6.90. The third-order valence-electron chi connectivity index (χ3n) is 3.42. The maximum atomic E-state index is 4.51. The lowest BCUT2D eigenvalue weighted by molar-refractivity contribution is 0.474. The molecule has 0 fully saturated rings. The van der Waals surface area contributed by atoms with Crippen molar-refractivity contribution in [3.05, 3.63) is 50.2 Å². The summed E-state index contributed by atoms with van der Waals surface area (Å²) in [5.41, 5.74) is 3.64. The van der Waals surface area contributed by atoms with Crippen molar-refractivity contribution in [2.75, 3.05) is 6.54 Å². The van der Waals surface area contributed by atoms with Crippen LogP contribution < -0.4 is 5.32 Å². The molecule has 1 heterocycles. The van der Waals surface area contributed by atoms with Crippen LogP contribution in [0.4, 0.5) is 0 Å². The van der Waals surface area contributed by atoms with Crippen LogP contribution in [0.1, 0.15) is 49.7 Å². The van der Waals surface area contributed by atoms with Gasteiger partial charge in [0, 0.05) is 10.5 Å². The molecule has 1 aromatic heterocycles. The molecule has 0 radical (unpaired) electrons. The van der Waals surface area contributed by atoms with Crippen molar-refractivity contribution in [3.8, 4) is 0 Å². The zero-order chi connectivity index (χ0) is 15.6. The average molecular weight is 415 g/mol. The Labute approximate surface area is 143 Å². The topological polar surface area (TPSA) is 29.9 Å². The van der Waals surface area contributed by atoms with Crippen LogP contribution in [-0.4, -0.2) is 16.3 Å². The summed E-state index contributed by atoms with van der Waals surface area (Å²) in [7, 11) is 0. The maximum Gasteiger partial charge on any atom is 0.0770 e. The molecule has 0 aliphatic carbocycles. The van der Waals surface area contributed by atoms with E-state index in [2.05, 4.69) is 92.9 Å². The summed E-state index contributed by atoms with van der Waals surface area (Å²) in [5.74, 6) is 0. The lowest BCUT2D eigenvalue weighted by Gasteiger charge is -2.23. The molecule has 21 heavy (non-hydrogen) atoms. The van der Waals surface area contributed by atoms with Gasteiger partial charge in [-0.2, -0.15) is 5.10 Å². The minimum atomic E-state index is 0.101. The summed E-state index contributed by atoms with van der Waals surface area (Å²) >= 11 is 7.36. The van der Waals surface area contributed by atoms with Crippen molar-refractivity contribution in [1.29, 1.82) is 0 Å². The summed E-state index contributed by atoms with van der Waals surface area (Å²) in [4.78, 5) is 0. The van der Waals surface area contributed by atoms with Crippen LogP contribution in [0.3, 0.4) is 0 Å². The fraction of sp³-hybridized carbons (Fsp3) is 0.438. The van der Waals surface area contributed by atoms with E-state index in [9.17, 15) is 0 Å². The van der Waals surface area contributed by atoms with E-state index in [1.54, 1.807) is 0 Å². The molecule has 1 atom stereocenters. The van der Waals surface area contributed by atoms with E-state index >= 15 is 0 Å². The first-order chi connectivity index (χ1) is 9.95. The average Bonchev–Trinajstić information content (AvgIpc) is 2.79. The second kappa shape index (κ2) is 7.07. The van der Waals surface area contributed by atoms with Crippen LogP contribution in [0, 0.1) is 6.92 Å². The van der Waals surface area contributed by atoms with E-state index in [-0.39, 0.29) is 6.04 Å². The first kappa shape index (κ1) is 16.7. The molecular formula is C16H21Br2N3. The second-order valence-electron chi connectivity index (χ2n) is 5.43. The van der Waals surface area contributed by atoms with Gasteiger partial charge in [-0.3, -0.25) is 4.68 Å². The van der Waals surface area contributed by atoms with Crippen molar-refractivity contribution in [2.45, 2.75) is 39.8 Å². The molecule has 2 rings (SSSR count). The van der Waals surface area contributed by atoms with Gasteiger partial charge in [0.2, 0.25) is 0 Å². The highest BCUT2D eigenvalue weighted by atomic mass is 79.9. The SMILES string of the molecule is CCNC(c1ccc(C)cc1Br)c1c(Br)cnn1C(C)C. The predicted octanol–water partition coefficient (Wildman–Crippen LogP) is 5.00. The lowest BCUT2D eigenvalue weighted by atomic mass is 10.0. The summed E-state index contributed by atoms with van der Waals surface area (Å²) < 4.78 is 4.23. The minimum absolute atomic E-state index is 0.101. The highest BCUT2D eigenvalue weighted by molar-refractivity contribution is 9.10. The quantitative estimate of drug-likeness (QED) is 0.746. The Hall–Kier alpha value is -0.650. The number of aromatic nitrogens is 2. The fourth-order valence-corrected chi connectivity index (χ4v) is 3.68. The predicted molar refractivity (Wildman–Crippen MR) is 94.7 cm³/mol. The van der Waals surface area contributed by atoms with Gasteiger partial charge in [-0.1, -0.05) is 35.0 Å². The second-order valence-corrected chi connectivity index (χ2v) is 7.14. The lowest BCUT2D eigenvalue weighted by Crippen LogP contribution is -2.26. The van der Waals surface area contributed by atoms with Gasteiger partial charge in [0.05, 0.1) is 22.4 Å². The summed E-state index contributed by atoms with van der Waals surface area (Å²) in [6.07, 6.45) is 1.88. The van der Waals surface area contributed by atoms with E-state index in [4.69, 9.17) is 0 Å². The Bertz CT molecular complexity index is 620. The van der Waals surface area contributed by atoms with Crippen molar-refractivity contribution < 1.29 is 0 Å². The molecular weight excluding hydrogens is 394 g/mol. The molecule has 0 bridgehead atoms. The smallest absolute Gasteiger partial charge is 0.0770 e. The molecule has 0 saturated heterocycles. The first-order valence-corrected chi connectivity index (χ1v) is 8.76. The minimum Gasteiger partial charge on any atom is -0.305 e. The molecule has 114 valence electrons. The van der Waals surface area contributed by atoms with Gasteiger partial charge in [0.15, 0.2) is 0 Å². The van der Waals surface area contributed by atoms with Gasteiger partial charge >= 0.3 is 0 Å². The molecule has 2 aromatic rings. The number of nitrogens with zero attached hydrogens (tertiary/aromatic N) is 2. The van der Waals surface area contributed by atoms with Gasteiger partial charge in [0.25, 0.3) is 0 Å². The van der Waals surface area contributed by atoms with Gasteiger partial charge in [-0.25, -0.2) is 0 Å². The van der Waals surface area contributed by atoms with Crippen LogP contribution in [-0.2, 0) is 0 Å². The third kappa shape index (κ3) is 3.58. The molecule has 1 aromatic carbocycles. The van der Waals surface area contributed by atoms with Crippen LogP contribution in [0.25, 0.3) is 0 Å². The highest BCUT2D eigenvalue weighted by Crippen LogP contribution is 2.34. The van der Waals surface area contributed by atoms with Crippen molar-refractivity contribution in [2.24, 2.45) is 0 Å². The molecule has 0 aliphatic heterocycles. The van der Waals surface area contributed by atoms with E-state index < -0.39 is 0 Å². The van der Waals surface area contributed by atoms with Crippen LogP contribution in [0.5, 0.6) is 0 Å². The Kier molecular flexibility index (Phi) is 5.63. The standard InChI is InChI=1S/C16H21Br2N3/c1-5-19-15(12-7-6-11(4)8-13(12)17)16-14(18)9-20-21(16)10(2)3/h6-10,15,19H,5H2,1-4H3. The van der Waals surface area contributed by atoms with E-state index in [0.29, 0.717) is 6.04 Å². The number of aryl methyl sites for hydroxylation is 1. The van der Waals surface area contributed by atoms with Crippen LogP contribution in [0.2, 0.25) is 0 Å². The van der Waals surface area contributed by atoms with Crippen LogP contribution >= 0.6 is 31.9 Å². The Morgan fingerprint density at radius 1 is 1.24 bits per heavy atom. The number of benzene rings is 1. The summed E-state index contributed by atoms with van der Waals surface area (Å²) in [6.45, 7) is 9.41. The van der Waals surface area contributed by atoms with Crippen molar-refractivity contribution >= 4 is 31.9 Å². The van der Waals surface area contributed by atoms with Crippen LogP contribution in [0.15, 0.2) is 33.3 Å². The number of nitrogens with one attached hydrogen (secondary N) is 1. The van der Waals surface area contributed by atoms with Gasteiger partial charge in [-0.15, -0.1) is 0 Å². The first-order valence-electron chi connectivity index (χ1n) is 7.18. The molecule has 1 N–H and O–H groups in total. The number of hydrogen-bond donors (Lipinski definition) is 1. The molecule has 3 nitrogen and oxygen atoms in total.